The molecule has 3 rings (SSSR count). The second-order valence-corrected chi connectivity index (χ2v) is 9.80. The fraction of sp³-hybridized carbons (Fsp3) is 0.333. The Morgan fingerprint density at radius 2 is 1.82 bits per heavy atom. The standard InChI is InChI=1S/C21H25N3O7S2/c1-24-18-6-5-16(12-19(18)31-21(24)26)33(27,28)23-17(7-8-32-4)20(25)22-13-9-14(29-2)11-15(10-13)30-3/h5-6,9-12,17,23H,7-8H2,1-4H3,(H,22,25)/t17-/m1/s1. The van der Waals surface area contributed by atoms with Crippen molar-refractivity contribution < 1.29 is 27.1 Å². The SMILES string of the molecule is COc1cc(NC(=O)[C@@H](CCSC)NS(=O)(=O)c2ccc3c(c2)oc(=O)n3C)cc(OC)c1. The molecular weight excluding hydrogens is 470 g/mol. The first-order valence-corrected chi connectivity index (χ1v) is 12.7. The maximum Gasteiger partial charge on any atom is 0.419 e. The maximum absolute atomic E-state index is 13.0. The Hall–Kier alpha value is -2.96. The number of thioether (sulfide) groups is 1. The smallest absolute Gasteiger partial charge is 0.419 e. The summed E-state index contributed by atoms with van der Waals surface area (Å²) in [5, 5.41) is 2.72. The number of methoxy groups -OCH3 is 2. The summed E-state index contributed by atoms with van der Waals surface area (Å²) in [5.74, 6) is 0.370. The second-order valence-electron chi connectivity index (χ2n) is 7.10. The topological polar surface area (TPSA) is 129 Å². The highest BCUT2D eigenvalue weighted by molar-refractivity contribution is 7.98. The number of anilines is 1. The summed E-state index contributed by atoms with van der Waals surface area (Å²) >= 11 is 1.49. The van der Waals surface area contributed by atoms with Crippen LogP contribution in [-0.2, 0) is 21.9 Å². The lowest BCUT2D eigenvalue weighted by molar-refractivity contribution is -0.117. The molecule has 178 valence electrons. The Labute approximate surface area is 195 Å². The molecule has 1 amide bonds. The van der Waals surface area contributed by atoms with Crippen LogP contribution in [0.25, 0.3) is 11.1 Å². The minimum Gasteiger partial charge on any atom is -0.497 e. The lowest BCUT2D eigenvalue weighted by atomic mass is 10.2. The van der Waals surface area contributed by atoms with Crippen LogP contribution < -0.4 is 25.3 Å². The molecule has 2 N–H and O–H groups in total. The van der Waals surface area contributed by atoms with Crippen LogP contribution in [0.2, 0.25) is 0 Å². The van der Waals surface area contributed by atoms with Gasteiger partial charge in [0.1, 0.15) is 17.5 Å². The average Bonchev–Trinajstić information content (AvgIpc) is 3.08. The predicted molar refractivity (Wildman–Crippen MR) is 127 cm³/mol. The summed E-state index contributed by atoms with van der Waals surface area (Å²) in [5.41, 5.74) is 0.999. The largest absolute Gasteiger partial charge is 0.497 e. The van der Waals surface area contributed by atoms with Crippen molar-refractivity contribution in [1.82, 2.24) is 9.29 Å². The number of hydrogen-bond donors (Lipinski definition) is 2. The molecule has 0 radical (unpaired) electrons. The Balaban J connectivity index is 1.86. The molecule has 12 heteroatoms. The molecule has 0 saturated heterocycles. The maximum atomic E-state index is 13.0. The summed E-state index contributed by atoms with van der Waals surface area (Å²) in [6, 6.07) is 7.91. The third kappa shape index (κ3) is 5.70. The minimum atomic E-state index is -4.09. The van der Waals surface area contributed by atoms with Crippen molar-refractivity contribution in [3.05, 3.63) is 46.9 Å². The van der Waals surface area contributed by atoms with Gasteiger partial charge in [0.15, 0.2) is 5.58 Å². The van der Waals surface area contributed by atoms with E-state index in [0.29, 0.717) is 28.5 Å². The summed E-state index contributed by atoms with van der Waals surface area (Å²) in [6.45, 7) is 0. The van der Waals surface area contributed by atoms with Gasteiger partial charge >= 0.3 is 5.76 Å². The molecule has 0 aliphatic rings. The Morgan fingerprint density at radius 3 is 2.42 bits per heavy atom. The number of nitrogens with one attached hydrogen (secondary N) is 2. The summed E-state index contributed by atoms with van der Waals surface area (Å²) in [4.78, 5) is 24.6. The molecule has 0 fully saturated rings. The number of ether oxygens (including phenoxy) is 2. The monoisotopic (exact) mass is 495 g/mol. The number of fused-ring (bicyclic) bond motifs is 1. The number of carbonyl (C=O) groups excluding carboxylic acids is 1. The highest BCUT2D eigenvalue weighted by atomic mass is 32.2. The van der Waals surface area contributed by atoms with Crippen molar-refractivity contribution in [2.24, 2.45) is 7.05 Å². The normalized spacial score (nSPS) is 12.5. The number of oxazole rings is 1. The van der Waals surface area contributed by atoms with E-state index >= 15 is 0 Å². The second kappa shape index (κ2) is 10.3. The number of sulfonamides is 1. The van der Waals surface area contributed by atoms with Crippen molar-refractivity contribution >= 4 is 44.5 Å². The molecule has 0 aliphatic heterocycles. The number of carbonyl (C=O) groups is 1. The Kier molecular flexibility index (Phi) is 7.72. The van der Waals surface area contributed by atoms with E-state index in [1.807, 2.05) is 6.26 Å². The third-order valence-electron chi connectivity index (χ3n) is 4.92. The molecule has 0 unspecified atom stereocenters. The van der Waals surface area contributed by atoms with Gasteiger partial charge < -0.3 is 19.2 Å². The lowest BCUT2D eigenvalue weighted by Crippen LogP contribution is -2.44. The molecular formula is C21H25N3O7S2. The van der Waals surface area contributed by atoms with Crippen LogP contribution in [0.3, 0.4) is 0 Å². The van der Waals surface area contributed by atoms with E-state index in [4.69, 9.17) is 13.9 Å². The fourth-order valence-corrected chi connectivity index (χ4v) is 4.84. The van der Waals surface area contributed by atoms with Gasteiger partial charge in [0.05, 0.1) is 24.6 Å². The van der Waals surface area contributed by atoms with Gasteiger partial charge in [0, 0.05) is 37.0 Å². The van der Waals surface area contributed by atoms with E-state index in [1.54, 1.807) is 18.2 Å². The predicted octanol–water partition coefficient (Wildman–Crippen LogP) is 2.19. The molecule has 3 aromatic rings. The summed E-state index contributed by atoms with van der Waals surface area (Å²) < 4.78 is 45.3. The van der Waals surface area contributed by atoms with Crippen LogP contribution >= 0.6 is 11.8 Å². The molecule has 0 saturated carbocycles. The van der Waals surface area contributed by atoms with E-state index in [0.717, 1.165) is 0 Å². The van der Waals surface area contributed by atoms with Crippen molar-refractivity contribution in [3.8, 4) is 11.5 Å². The number of rotatable bonds is 10. The molecule has 1 aromatic heterocycles. The van der Waals surface area contributed by atoms with Gasteiger partial charge in [-0.2, -0.15) is 16.5 Å². The zero-order chi connectivity index (χ0) is 24.2. The van der Waals surface area contributed by atoms with Crippen molar-refractivity contribution in [3.63, 3.8) is 0 Å². The third-order valence-corrected chi connectivity index (χ3v) is 7.03. The minimum absolute atomic E-state index is 0.116. The van der Waals surface area contributed by atoms with E-state index in [1.165, 1.54) is 55.8 Å². The van der Waals surface area contributed by atoms with E-state index < -0.39 is 27.7 Å². The van der Waals surface area contributed by atoms with Gasteiger partial charge in [0.2, 0.25) is 15.9 Å². The van der Waals surface area contributed by atoms with Gasteiger partial charge in [0.25, 0.3) is 0 Å². The molecule has 0 aliphatic carbocycles. The molecule has 0 spiro atoms. The van der Waals surface area contributed by atoms with Crippen LogP contribution in [0.5, 0.6) is 11.5 Å². The van der Waals surface area contributed by atoms with Gasteiger partial charge in [-0.3, -0.25) is 9.36 Å². The van der Waals surface area contributed by atoms with E-state index in [2.05, 4.69) is 10.0 Å². The Morgan fingerprint density at radius 1 is 1.15 bits per heavy atom. The Bertz CT molecular complexity index is 1290. The number of aryl methyl sites for hydroxylation is 1. The molecule has 2 aromatic carbocycles. The summed E-state index contributed by atoms with van der Waals surface area (Å²) in [6.07, 6.45) is 2.12. The number of aromatic nitrogens is 1. The van der Waals surface area contributed by atoms with Gasteiger partial charge in [-0.05, 0) is 30.6 Å². The van der Waals surface area contributed by atoms with Crippen LogP contribution in [0.1, 0.15) is 6.42 Å². The highest BCUT2D eigenvalue weighted by Crippen LogP contribution is 2.26. The van der Waals surface area contributed by atoms with Crippen LogP contribution in [0, 0.1) is 0 Å². The lowest BCUT2D eigenvalue weighted by Gasteiger charge is -2.19. The average molecular weight is 496 g/mol. The molecule has 33 heavy (non-hydrogen) atoms. The van der Waals surface area contributed by atoms with Gasteiger partial charge in [-0.25, -0.2) is 13.2 Å². The van der Waals surface area contributed by atoms with Gasteiger partial charge in [-0.15, -0.1) is 0 Å². The zero-order valence-corrected chi connectivity index (χ0v) is 20.2. The first kappa shape index (κ1) is 24.7. The van der Waals surface area contributed by atoms with Crippen molar-refractivity contribution in [2.75, 3.05) is 31.5 Å². The molecule has 1 heterocycles. The first-order chi connectivity index (χ1) is 15.7. The fourth-order valence-electron chi connectivity index (χ4n) is 3.12. The summed E-state index contributed by atoms with van der Waals surface area (Å²) in [7, 11) is 0.411. The highest BCUT2D eigenvalue weighted by Gasteiger charge is 2.26. The zero-order valence-electron chi connectivity index (χ0n) is 18.6. The quantitative estimate of drug-likeness (QED) is 0.438. The molecule has 10 nitrogen and oxygen atoms in total. The van der Waals surface area contributed by atoms with Gasteiger partial charge in [-0.1, -0.05) is 0 Å². The van der Waals surface area contributed by atoms with Crippen molar-refractivity contribution in [2.45, 2.75) is 17.4 Å². The van der Waals surface area contributed by atoms with E-state index in [9.17, 15) is 18.0 Å². The number of hydrogen-bond acceptors (Lipinski definition) is 8. The van der Waals surface area contributed by atoms with E-state index in [-0.39, 0.29) is 16.9 Å². The molecule has 1 atom stereocenters. The van der Waals surface area contributed by atoms with Crippen LogP contribution in [0.4, 0.5) is 5.69 Å². The first-order valence-electron chi connectivity index (χ1n) is 9.83. The molecule has 0 bridgehead atoms. The van der Waals surface area contributed by atoms with Crippen LogP contribution in [0.15, 0.2) is 50.5 Å². The number of benzene rings is 2. The number of nitrogens with zero attached hydrogens (tertiary/aromatic N) is 1. The number of amides is 1. The van der Waals surface area contributed by atoms with Crippen LogP contribution in [-0.4, -0.2) is 51.2 Å². The van der Waals surface area contributed by atoms with Crippen molar-refractivity contribution in [1.29, 1.82) is 0 Å².